The van der Waals surface area contributed by atoms with Crippen LogP contribution in [0.4, 0.5) is 4.79 Å². The van der Waals surface area contributed by atoms with E-state index in [1.54, 1.807) is 0 Å². The van der Waals surface area contributed by atoms with Crippen LogP contribution in [0.1, 0.15) is 38.7 Å². The lowest BCUT2D eigenvalue weighted by atomic mass is 9.81. The van der Waals surface area contributed by atoms with Crippen molar-refractivity contribution in [1.29, 1.82) is 0 Å². The molecule has 1 fully saturated rings. The number of benzene rings is 1. The molecule has 1 heterocycles. The van der Waals surface area contributed by atoms with Crippen LogP contribution in [0.3, 0.4) is 0 Å². The van der Waals surface area contributed by atoms with Crippen molar-refractivity contribution in [2.75, 3.05) is 33.7 Å². The first-order valence-corrected chi connectivity index (χ1v) is 8.71. The third-order valence-electron chi connectivity index (χ3n) is 4.88. The number of carbonyl (C=O) groups excluding carboxylic acids is 1. The number of amides is 2. The molecule has 1 aliphatic heterocycles. The third-order valence-corrected chi connectivity index (χ3v) is 4.88. The van der Waals surface area contributed by atoms with Crippen molar-refractivity contribution >= 4 is 6.03 Å². The Morgan fingerprint density at radius 1 is 1.22 bits per heavy atom. The van der Waals surface area contributed by atoms with Crippen molar-refractivity contribution in [3.63, 3.8) is 0 Å². The van der Waals surface area contributed by atoms with Crippen LogP contribution >= 0.6 is 0 Å². The average molecular weight is 317 g/mol. The first-order valence-electron chi connectivity index (χ1n) is 8.71. The van der Waals surface area contributed by atoms with E-state index in [2.05, 4.69) is 68.5 Å². The molecule has 1 N–H and O–H groups in total. The molecule has 4 heteroatoms. The van der Waals surface area contributed by atoms with Crippen LogP contribution in [0.5, 0.6) is 0 Å². The molecule has 1 aromatic rings. The summed E-state index contributed by atoms with van der Waals surface area (Å²) in [5, 5.41) is 3.08. The minimum absolute atomic E-state index is 0.0111. The molecule has 0 aliphatic carbocycles. The summed E-state index contributed by atoms with van der Waals surface area (Å²) in [5.74, 6) is 0.479. The van der Waals surface area contributed by atoms with E-state index in [0.29, 0.717) is 5.92 Å². The van der Waals surface area contributed by atoms with Gasteiger partial charge in [-0.1, -0.05) is 44.2 Å². The zero-order valence-corrected chi connectivity index (χ0v) is 15.0. The first-order chi connectivity index (χ1) is 11.0. The van der Waals surface area contributed by atoms with Crippen molar-refractivity contribution in [2.45, 2.75) is 38.6 Å². The van der Waals surface area contributed by atoms with E-state index in [1.165, 1.54) is 5.56 Å². The molecule has 4 nitrogen and oxygen atoms in total. The summed E-state index contributed by atoms with van der Waals surface area (Å²) in [4.78, 5) is 16.7. The van der Waals surface area contributed by atoms with E-state index < -0.39 is 0 Å². The smallest absolute Gasteiger partial charge is 0.317 e. The summed E-state index contributed by atoms with van der Waals surface area (Å²) in [6.45, 7) is 6.67. The second-order valence-corrected chi connectivity index (χ2v) is 7.22. The van der Waals surface area contributed by atoms with Gasteiger partial charge in [-0.05, 0) is 44.8 Å². The molecule has 0 unspecified atom stereocenters. The number of urea groups is 1. The molecule has 0 aromatic heterocycles. The quantitative estimate of drug-likeness (QED) is 0.925. The van der Waals surface area contributed by atoms with Gasteiger partial charge < -0.3 is 10.2 Å². The highest BCUT2D eigenvalue weighted by molar-refractivity contribution is 5.74. The Hall–Kier alpha value is -1.55. The normalized spacial score (nSPS) is 23.4. The predicted octanol–water partition coefficient (Wildman–Crippen LogP) is 3.30. The molecule has 0 bridgehead atoms. The van der Waals surface area contributed by atoms with Gasteiger partial charge >= 0.3 is 6.03 Å². The Balaban J connectivity index is 2.29. The molecule has 0 spiro atoms. The topological polar surface area (TPSA) is 35.6 Å². The van der Waals surface area contributed by atoms with Crippen LogP contribution < -0.4 is 5.32 Å². The lowest BCUT2D eigenvalue weighted by molar-refractivity contribution is 0.110. The van der Waals surface area contributed by atoms with Crippen molar-refractivity contribution in [3.8, 4) is 0 Å². The standard InChI is InChI=1S/C19H31N3O/c1-16(2)15-22-14-12-19(21(3)4,11-8-13-20-18(22)23)17-9-6-5-7-10-17/h5-7,9-10,16H,8,11-15H2,1-4H3,(H,20,23)/t19-/m0/s1. The lowest BCUT2D eigenvalue weighted by Gasteiger charge is -2.41. The van der Waals surface area contributed by atoms with Crippen LogP contribution in [-0.4, -0.2) is 49.6 Å². The van der Waals surface area contributed by atoms with Crippen LogP contribution in [0, 0.1) is 5.92 Å². The zero-order chi connectivity index (χ0) is 16.9. The highest BCUT2D eigenvalue weighted by Crippen LogP contribution is 2.35. The van der Waals surface area contributed by atoms with E-state index in [-0.39, 0.29) is 11.6 Å². The average Bonchev–Trinajstić information content (AvgIpc) is 2.59. The fraction of sp³-hybridized carbons (Fsp3) is 0.632. The van der Waals surface area contributed by atoms with Crippen molar-refractivity contribution in [3.05, 3.63) is 35.9 Å². The van der Waals surface area contributed by atoms with Crippen LogP contribution in [-0.2, 0) is 5.54 Å². The predicted molar refractivity (Wildman–Crippen MR) is 95.5 cm³/mol. The molecule has 23 heavy (non-hydrogen) atoms. The van der Waals surface area contributed by atoms with E-state index in [9.17, 15) is 4.79 Å². The van der Waals surface area contributed by atoms with Crippen molar-refractivity contribution in [1.82, 2.24) is 15.1 Å². The van der Waals surface area contributed by atoms with Gasteiger partial charge in [0, 0.05) is 25.2 Å². The molecule has 1 aromatic carbocycles. The minimum atomic E-state index is -0.0111. The lowest BCUT2D eigenvalue weighted by Crippen LogP contribution is -2.46. The largest absolute Gasteiger partial charge is 0.338 e. The maximum Gasteiger partial charge on any atom is 0.317 e. The second-order valence-electron chi connectivity index (χ2n) is 7.22. The van der Waals surface area contributed by atoms with Gasteiger partial charge in [0.2, 0.25) is 0 Å². The molecular formula is C19H31N3O. The maximum atomic E-state index is 12.4. The van der Waals surface area contributed by atoms with Gasteiger partial charge in [0.25, 0.3) is 0 Å². The SMILES string of the molecule is CC(C)CN1CC[C@@](c2ccccc2)(N(C)C)CCCNC1=O. The Morgan fingerprint density at radius 2 is 1.91 bits per heavy atom. The Bertz CT molecular complexity index is 501. The molecule has 1 aliphatic rings. The molecular weight excluding hydrogens is 286 g/mol. The van der Waals surface area contributed by atoms with Gasteiger partial charge in [-0.3, -0.25) is 4.90 Å². The van der Waals surface area contributed by atoms with Gasteiger partial charge in [-0.25, -0.2) is 4.79 Å². The molecule has 0 saturated carbocycles. The fourth-order valence-electron chi connectivity index (χ4n) is 3.59. The van der Waals surface area contributed by atoms with Crippen molar-refractivity contribution < 1.29 is 4.79 Å². The fourth-order valence-corrected chi connectivity index (χ4v) is 3.59. The highest BCUT2D eigenvalue weighted by Gasteiger charge is 2.35. The molecule has 1 saturated heterocycles. The summed E-state index contributed by atoms with van der Waals surface area (Å²) < 4.78 is 0. The Labute approximate surface area is 140 Å². The summed E-state index contributed by atoms with van der Waals surface area (Å²) in [5.41, 5.74) is 1.34. The molecule has 128 valence electrons. The molecule has 2 amide bonds. The molecule has 0 radical (unpaired) electrons. The van der Waals surface area contributed by atoms with E-state index >= 15 is 0 Å². The second kappa shape index (κ2) is 7.82. The number of nitrogens with zero attached hydrogens (tertiary/aromatic N) is 2. The molecule has 1 atom stereocenters. The van der Waals surface area contributed by atoms with Crippen LogP contribution in [0.25, 0.3) is 0 Å². The minimum Gasteiger partial charge on any atom is -0.338 e. The maximum absolute atomic E-state index is 12.4. The third kappa shape index (κ3) is 4.25. The van der Waals surface area contributed by atoms with Crippen LogP contribution in [0.2, 0.25) is 0 Å². The highest BCUT2D eigenvalue weighted by atomic mass is 16.2. The number of carbonyl (C=O) groups is 1. The number of hydrogen-bond donors (Lipinski definition) is 1. The summed E-state index contributed by atoms with van der Waals surface area (Å²) in [7, 11) is 4.32. The summed E-state index contributed by atoms with van der Waals surface area (Å²) in [6, 6.07) is 10.8. The monoisotopic (exact) mass is 317 g/mol. The Kier molecular flexibility index (Phi) is 6.05. The zero-order valence-electron chi connectivity index (χ0n) is 15.0. The van der Waals surface area contributed by atoms with Crippen LogP contribution in [0.15, 0.2) is 30.3 Å². The number of nitrogens with one attached hydrogen (secondary N) is 1. The van der Waals surface area contributed by atoms with E-state index in [1.807, 2.05) is 4.90 Å². The molecule has 2 rings (SSSR count). The van der Waals surface area contributed by atoms with E-state index in [0.717, 1.165) is 38.9 Å². The summed E-state index contributed by atoms with van der Waals surface area (Å²) >= 11 is 0. The van der Waals surface area contributed by atoms with Gasteiger partial charge in [-0.15, -0.1) is 0 Å². The summed E-state index contributed by atoms with van der Waals surface area (Å²) in [6.07, 6.45) is 3.01. The van der Waals surface area contributed by atoms with Gasteiger partial charge in [0.15, 0.2) is 0 Å². The van der Waals surface area contributed by atoms with Gasteiger partial charge in [0.05, 0.1) is 0 Å². The Morgan fingerprint density at radius 3 is 2.52 bits per heavy atom. The van der Waals surface area contributed by atoms with Gasteiger partial charge in [0.1, 0.15) is 0 Å². The number of rotatable bonds is 4. The first kappa shape index (κ1) is 17.8. The van der Waals surface area contributed by atoms with E-state index in [4.69, 9.17) is 0 Å². The van der Waals surface area contributed by atoms with Crippen molar-refractivity contribution in [2.24, 2.45) is 5.92 Å². The van der Waals surface area contributed by atoms with Gasteiger partial charge in [-0.2, -0.15) is 0 Å². The number of hydrogen-bond acceptors (Lipinski definition) is 2.